The van der Waals surface area contributed by atoms with E-state index in [4.69, 9.17) is 9.26 Å². The van der Waals surface area contributed by atoms with Crippen LogP contribution in [-0.2, 0) is 17.7 Å². The third-order valence-electron chi connectivity index (χ3n) is 4.33. The van der Waals surface area contributed by atoms with Crippen molar-refractivity contribution in [3.05, 3.63) is 53.9 Å². The SMILES string of the molecule is COC(=O)c1ccc(-c2noc([C@H]3CCn4cncc4C3)n2)cc1. The van der Waals surface area contributed by atoms with E-state index in [1.165, 1.54) is 12.8 Å². The first kappa shape index (κ1) is 14.6. The molecule has 1 atom stereocenters. The van der Waals surface area contributed by atoms with E-state index >= 15 is 0 Å². The second-order valence-corrected chi connectivity index (χ2v) is 5.79. The van der Waals surface area contributed by atoms with Crippen molar-refractivity contribution in [3.8, 4) is 11.4 Å². The highest BCUT2D eigenvalue weighted by Gasteiger charge is 2.25. The van der Waals surface area contributed by atoms with Gasteiger partial charge in [0.15, 0.2) is 0 Å². The second kappa shape index (κ2) is 5.92. The standard InChI is InChI=1S/C17H16N4O3/c1-23-17(22)12-4-2-11(3-5-12)15-19-16(24-20-15)13-6-7-21-10-18-9-14(21)8-13/h2-5,9-10,13H,6-8H2,1H3/t13-/m0/s1. The van der Waals surface area contributed by atoms with Crippen molar-refractivity contribution >= 4 is 5.97 Å². The largest absolute Gasteiger partial charge is 0.465 e. The molecule has 0 N–H and O–H groups in total. The molecule has 1 aromatic carbocycles. The summed E-state index contributed by atoms with van der Waals surface area (Å²) >= 11 is 0. The fourth-order valence-electron chi connectivity index (χ4n) is 2.97. The Morgan fingerprint density at radius 3 is 2.96 bits per heavy atom. The number of hydrogen-bond donors (Lipinski definition) is 0. The molecule has 122 valence electrons. The zero-order chi connectivity index (χ0) is 16.5. The smallest absolute Gasteiger partial charge is 0.337 e. The van der Waals surface area contributed by atoms with Gasteiger partial charge in [-0.15, -0.1) is 0 Å². The molecule has 1 aliphatic rings. The normalized spacial score (nSPS) is 16.6. The minimum atomic E-state index is -0.367. The Labute approximate surface area is 138 Å². The highest BCUT2D eigenvalue weighted by Crippen LogP contribution is 2.29. The van der Waals surface area contributed by atoms with Gasteiger partial charge < -0.3 is 13.8 Å². The molecule has 1 aliphatic heterocycles. The van der Waals surface area contributed by atoms with Gasteiger partial charge in [0, 0.05) is 36.3 Å². The zero-order valence-corrected chi connectivity index (χ0v) is 13.2. The van der Waals surface area contributed by atoms with Gasteiger partial charge in [-0.3, -0.25) is 0 Å². The van der Waals surface area contributed by atoms with Crippen LogP contribution in [0.4, 0.5) is 0 Å². The average Bonchev–Trinajstić information content (AvgIpc) is 3.29. The quantitative estimate of drug-likeness (QED) is 0.688. The summed E-state index contributed by atoms with van der Waals surface area (Å²) in [5, 5.41) is 4.08. The Hall–Kier alpha value is -2.96. The first-order valence-corrected chi connectivity index (χ1v) is 7.76. The number of rotatable bonds is 3. The van der Waals surface area contributed by atoms with Gasteiger partial charge >= 0.3 is 5.97 Å². The van der Waals surface area contributed by atoms with Crippen LogP contribution in [0.5, 0.6) is 0 Å². The fourth-order valence-corrected chi connectivity index (χ4v) is 2.97. The first-order chi connectivity index (χ1) is 11.7. The molecule has 3 heterocycles. The molecule has 0 bridgehead atoms. The second-order valence-electron chi connectivity index (χ2n) is 5.79. The average molecular weight is 324 g/mol. The van der Waals surface area contributed by atoms with Crippen molar-refractivity contribution in [1.82, 2.24) is 19.7 Å². The van der Waals surface area contributed by atoms with Crippen molar-refractivity contribution < 1.29 is 14.1 Å². The number of ether oxygens (including phenoxy) is 1. The van der Waals surface area contributed by atoms with Crippen molar-refractivity contribution in [2.75, 3.05) is 7.11 Å². The van der Waals surface area contributed by atoms with Crippen LogP contribution in [0.1, 0.15) is 34.3 Å². The maximum atomic E-state index is 11.5. The van der Waals surface area contributed by atoms with Gasteiger partial charge in [0.25, 0.3) is 0 Å². The number of aryl methyl sites for hydroxylation is 1. The Kier molecular flexibility index (Phi) is 3.60. The van der Waals surface area contributed by atoms with E-state index in [1.54, 1.807) is 24.3 Å². The molecule has 0 fully saturated rings. The van der Waals surface area contributed by atoms with Crippen LogP contribution in [-0.4, -0.2) is 32.8 Å². The molecule has 0 saturated heterocycles. The number of imidazole rings is 1. The summed E-state index contributed by atoms with van der Waals surface area (Å²) in [5.41, 5.74) is 2.48. The van der Waals surface area contributed by atoms with E-state index < -0.39 is 0 Å². The highest BCUT2D eigenvalue weighted by atomic mass is 16.5. The lowest BCUT2D eigenvalue weighted by atomic mass is 9.96. The molecule has 4 rings (SSSR count). The molecule has 7 heteroatoms. The Balaban J connectivity index is 1.54. The minimum Gasteiger partial charge on any atom is -0.465 e. The summed E-state index contributed by atoms with van der Waals surface area (Å²) in [6.07, 6.45) is 5.54. The van der Waals surface area contributed by atoms with Crippen LogP contribution in [0.25, 0.3) is 11.4 Å². The highest BCUT2D eigenvalue weighted by molar-refractivity contribution is 5.89. The number of benzene rings is 1. The number of hydrogen-bond acceptors (Lipinski definition) is 6. The number of nitrogens with zero attached hydrogens (tertiary/aromatic N) is 4. The van der Waals surface area contributed by atoms with Gasteiger partial charge in [-0.2, -0.15) is 4.98 Å². The fraction of sp³-hybridized carbons (Fsp3) is 0.294. The maximum absolute atomic E-state index is 11.5. The molecule has 2 aromatic heterocycles. The maximum Gasteiger partial charge on any atom is 0.337 e. The summed E-state index contributed by atoms with van der Waals surface area (Å²) in [6, 6.07) is 6.96. The minimum absolute atomic E-state index is 0.213. The van der Waals surface area contributed by atoms with E-state index in [0.717, 1.165) is 24.9 Å². The number of carbonyl (C=O) groups excluding carboxylic acids is 1. The van der Waals surface area contributed by atoms with Crippen molar-refractivity contribution in [2.45, 2.75) is 25.3 Å². The number of carbonyl (C=O) groups is 1. The number of fused-ring (bicyclic) bond motifs is 1. The molecule has 24 heavy (non-hydrogen) atoms. The Morgan fingerprint density at radius 2 is 2.17 bits per heavy atom. The molecule has 0 unspecified atom stereocenters. The number of aromatic nitrogens is 4. The summed E-state index contributed by atoms with van der Waals surface area (Å²) in [5.74, 6) is 1.02. The van der Waals surface area contributed by atoms with Crippen molar-refractivity contribution in [1.29, 1.82) is 0 Å². The Morgan fingerprint density at radius 1 is 1.33 bits per heavy atom. The van der Waals surface area contributed by atoms with Crippen LogP contribution in [0.2, 0.25) is 0 Å². The van der Waals surface area contributed by atoms with Crippen molar-refractivity contribution in [2.24, 2.45) is 0 Å². The third-order valence-corrected chi connectivity index (χ3v) is 4.33. The van der Waals surface area contributed by atoms with E-state index in [0.29, 0.717) is 17.3 Å². The molecule has 0 spiro atoms. The number of methoxy groups -OCH3 is 1. The summed E-state index contributed by atoms with van der Waals surface area (Å²) in [6.45, 7) is 0.908. The first-order valence-electron chi connectivity index (χ1n) is 7.76. The van der Waals surface area contributed by atoms with Gasteiger partial charge in [-0.1, -0.05) is 17.3 Å². The van der Waals surface area contributed by atoms with Gasteiger partial charge in [0.05, 0.1) is 19.0 Å². The summed E-state index contributed by atoms with van der Waals surface area (Å²) in [7, 11) is 1.36. The van der Waals surface area contributed by atoms with Gasteiger partial charge in [0.1, 0.15) is 0 Å². The molecule has 0 amide bonds. The number of esters is 1. The predicted molar refractivity (Wildman–Crippen MR) is 84.4 cm³/mol. The third kappa shape index (κ3) is 2.58. The van der Waals surface area contributed by atoms with Crippen LogP contribution in [0.15, 0.2) is 41.3 Å². The van der Waals surface area contributed by atoms with E-state index in [-0.39, 0.29) is 11.9 Å². The molecule has 0 radical (unpaired) electrons. The van der Waals surface area contributed by atoms with Crippen molar-refractivity contribution in [3.63, 3.8) is 0 Å². The van der Waals surface area contributed by atoms with Gasteiger partial charge in [0.2, 0.25) is 11.7 Å². The lowest BCUT2D eigenvalue weighted by molar-refractivity contribution is 0.0601. The van der Waals surface area contributed by atoms with E-state index in [2.05, 4.69) is 19.7 Å². The Bertz CT molecular complexity index is 866. The summed E-state index contributed by atoms with van der Waals surface area (Å²) < 4.78 is 12.3. The monoisotopic (exact) mass is 324 g/mol. The van der Waals surface area contributed by atoms with Gasteiger partial charge in [-0.05, 0) is 18.6 Å². The lowest BCUT2D eigenvalue weighted by Crippen LogP contribution is -2.17. The molecule has 0 saturated carbocycles. The molecular formula is C17H16N4O3. The van der Waals surface area contributed by atoms with Crippen LogP contribution in [0, 0.1) is 0 Å². The molecule has 7 nitrogen and oxygen atoms in total. The topological polar surface area (TPSA) is 83.0 Å². The molecular weight excluding hydrogens is 308 g/mol. The van der Waals surface area contributed by atoms with Crippen LogP contribution < -0.4 is 0 Å². The van der Waals surface area contributed by atoms with Crippen LogP contribution in [0.3, 0.4) is 0 Å². The van der Waals surface area contributed by atoms with Crippen LogP contribution >= 0.6 is 0 Å². The van der Waals surface area contributed by atoms with E-state index in [1.807, 2.05) is 12.5 Å². The predicted octanol–water partition coefficient (Wildman–Crippen LogP) is 2.45. The summed E-state index contributed by atoms with van der Waals surface area (Å²) in [4.78, 5) is 20.2. The lowest BCUT2D eigenvalue weighted by Gasteiger charge is -2.20. The molecule has 3 aromatic rings. The zero-order valence-electron chi connectivity index (χ0n) is 13.2. The van der Waals surface area contributed by atoms with Gasteiger partial charge in [-0.25, -0.2) is 9.78 Å². The molecule has 0 aliphatic carbocycles. The van der Waals surface area contributed by atoms with E-state index in [9.17, 15) is 4.79 Å².